The highest BCUT2D eigenvalue weighted by molar-refractivity contribution is 8.15. The van der Waals surface area contributed by atoms with E-state index in [-0.39, 0.29) is 28.6 Å². The fourth-order valence-corrected chi connectivity index (χ4v) is 5.94. The van der Waals surface area contributed by atoms with Crippen molar-refractivity contribution in [2.24, 2.45) is 10.7 Å². The first-order chi connectivity index (χ1) is 17.2. The predicted molar refractivity (Wildman–Crippen MR) is 139 cm³/mol. The number of sulfone groups is 1. The van der Waals surface area contributed by atoms with Gasteiger partial charge in [0.05, 0.1) is 35.9 Å². The first kappa shape index (κ1) is 24.7. The van der Waals surface area contributed by atoms with Crippen molar-refractivity contribution in [2.75, 3.05) is 26.0 Å². The number of benzene rings is 2. The van der Waals surface area contributed by atoms with E-state index in [1.54, 1.807) is 12.1 Å². The zero-order valence-corrected chi connectivity index (χ0v) is 21.4. The number of amides is 1. The lowest BCUT2D eigenvalue weighted by Crippen LogP contribution is -2.25. The lowest BCUT2D eigenvalue weighted by atomic mass is 10.1. The van der Waals surface area contributed by atoms with Gasteiger partial charge in [-0.1, -0.05) is 11.8 Å². The van der Waals surface area contributed by atoms with Crippen LogP contribution in [-0.4, -0.2) is 61.7 Å². The number of primary amides is 1. The zero-order chi connectivity index (χ0) is 25.3. The van der Waals surface area contributed by atoms with Gasteiger partial charge in [-0.25, -0.2) is 8.42 Å². The van der Waals surface area contributed by atoms with Gasteiger partial charge in [0, 0.05) is 42.2 Å². The quantitative estimate of drug-likeness (QED) is 0.455. The fourth-order valence-electron chi connectivity index (χ4n) is 4.21. The van der Waals surface area contributed by atoms with Gasteiger partial charge in [-0.15, -0.1) is 0 Å². The molecule has 3 aromatic rings. The number of ether oxygens (including phenoxy) is 3. The number of aromatic amines is 1. The average Bonchev–Trinajstić information content (AvgIpc) is 3.46. The number of nitrogens with two attached hydrogens (primary N) is 1. The van der Waals surface area contributed by atoms with Crippen LogP contribution in [0.3, 0.4) is 0 Å². The third-order valence-electron chi connectivity index (χ3n) is 5.99. The van der Waals surface area contributed by atoms with Crippen LogP contribution in [0.25, 0.3) is 10.9 Å². The number of aliphatic imine (C=N–C) groups is 1. The molecule has 0 bridgehead atoms. The topological polar surface area (TPSA) is 133 Å². The Morgan fingerprint density at radius 3 is 2.61 bits per heavy atom. The first-order valence-electron chi connectivity index (χ1n) is 11.6. The highest BCUT2D eigenvalue weighted by Gasteiger charge is 2.25. The second-order valence-electron chi connectivity index (χ2n) is 8.90. The highest BCUT2D eigenvalue weighted by atomic mass is 32.2. The molecule has 1 atom stereocenters. The molecule has 11 heteroatoms. The van der Waals surface area contributed by atoms with Crippen molar-refractivity contribution in [1.29, 1.82) is 0 Å². The molecule has 1 aromatic heterocycles. The minimum atomic E-state index is -3.29. The van der Waals surface area contributed by atoms with Gasteiger partial charge in [-0.05, 0) is 36.4 Å². The molecule has 0 spiro atoms. The van der Waals surface area contributed by atoms with Crippen LogP contribution < -0.4 is 15.2 Å². The minimum Gasteiger partial charge on any atom is -0.488 e. The summed E-state index contributed by atoms with van der Waals surface area (Å²) in [4.78, 5) is 19.6. The van der Waals surface area contributed by atoms with Gasteiger partial charge in [-0.3, -0.25) is 9.79 Å². The Kier molecular flexibility index (Phi) is 6.96. The zero-order valence-electron chi connectivity index (χ0n) is 19.7. The van der Waals surface area contributed by atoms with E-state index in [4.69, 9.17) is 19.9 Å². The van der Waals surface area contributed by atoms with Gasteiger partial charge in [0.1, 0.15) is 28.4 Å². The molecule has 0 saturated carbocycles. The molecule has 3 heterocycles. The van der Waals surface area contributed by atoms with Gasteiger partial charge in [-0.2, -0.15) is 0 Å². The van der Waals surface area contributed by atoms with E-state index in [1.165, 1.54) is 30.2 Å². The summed E-state index contributed by atoms with van der Waals surface area (Å²) >= 11 is 1.54. The van der Waals surface area contributed by atoms with Crippen molar-refractivity contribution in [3.05, 3.63) is 48.2 Å². The van der Waals surface area contributed by atoms with Gasteiger partial charge < -0.3 is 24.9 Å². The molecule has 0 radical (unpaired) electrons. The lowest BCUT2D eigenvalue weighted by Gasteiger charge is -2.24. The molecule has 3 N–H and O–H groups in total. The van der Waals surface area contributed by atoms with Crippen molar-refractivity contribution in [2.45, 2.75) is 35.5 Å². The Morgan fingerprint density at radius 1 is 1.17 bits per heavy atom. The van der Waals surface area contributed by atoms with E-state index in [0.717, 1.165) is 34.5 Å². The number of nitrogens with zero attached hydrogens (tertiary/aromatic N) is 1. The number of carbonyl (C=O) groups excluding carboxylic acids is 1. The Balaban J connectivity index is 1.45. The molecule has 0 aliphatic carbocycles. The summed E-state index contributed by atoms with van der Waals surface area (Å²) in [7, 11) is -3.29. The van der Waals surface area contributed by atoms with E-state index in [2.05, 4.69) is 9.98 Å². The van der Waals surface area contributed by atoms with Crippen LogP contribution in [0.15, 0.2) is 52.4 Å². The smallest absolute Gasteiger partial charge is 0.218 e. The van der Waals surface area contributed by atoms with E-state index in [1.807, 2.05) is 18.2 Å². The molecule has 9 nitrogen and oxygen atoms in total. The maximum absolute atomic E-state index is 11.8. The molecule has 190 valence electrons. The fraction of sp³-hybridized carbons (Fsp3) is 0.360. The molecule has 36 heavy (non-hydrogen) atoms. The summed E-state index contributed by atoms with van der Waals surface area (Å²) in [5.41, 5.74) is 7.03. The molecule has 1 fully saturated rings. The SMILES string of the molecule is CS(=O)(=O)c1ccc(Oc2cc(OC3CCOCC3)c3[nH]c(C4=NCC(CC(N)=O)S4)cc3c2)cc1. The molecule has 2 aromatic carbocycles. The third-order valence-corrected chi connectivity index (χ3v) is 8.34. The number of hydrogen-bond acceptors (Lipinski definition) is 8. The van der Waals surface area contributed by atoms with E-state index in [0.29, 0.717) is 37.0 Å². The van der Waals surface area contributed by atoms with E-state index >= 15 is 0 Å². The Hall–Kier alpha value is -3.02. The van der Waals surface area contributed by atoms with Gasteiger partial charge in [0.15, 0.2) is 9.84 Å². The standard InChI is InChI=1S/C25H27N3O6S2/c1-36(30,31)20-4-2-16(3-5-20)33-18-10-15-11-21(25-27-14-19(35-25)13-23(26)29)28-24(15)22(12-18)34-17-6-8-32-9-7-17/h2-5,10-12,17,19,28H,6-9,13-14H2,1H3,(H2,26,29). The van der Waals surface area contributed by atoms with Crippen LogP contribution in [0.4, 0.5) is 0 Å². The van der Waals surface area contributed by atoms with Crippen LogP contribution in [0, 0.1) is 0 Å². The molecule has 1 saturated heterocycles. The summed E-state index contributed by atoms with van der Waals surface area (Å²) in [6.45, 7) is 1.85. The van der Waals surface area contributed by atoms with Crippen molar-refractivity contribution in [3.63, 3.8) is 0 Å². The van der Waals surface area contributed by atoms with Crippen molar-refractivity contribution in [3.8, 4) is 17.2 Å². The summed E-state index contributed by atoms with van der Waals surface area (Å²) < 4.78 is 41.5. The second kappa shape index (κ2) is 10.2. The third kappa shape index (κ3) is 5.69. The van der Waals surface area contributed by atoms with E-state index in [9.17, 15) is 13.2 Å². The Morgan fingerprint density at radius 2 is 1.92 bits per heavy atom. The van der Waals surface area contributed by atoms with Crippen molar-refractivity contribution < 1.29 is 27.4 Å². The maximum atomic E-state index is 11.8. The molecule has 1 unspecified atom stereocenters. The number of carbonyl (C=O) groups is 1. The average molecular weight is 530 g/mol. The largest absolute Gasteiger partial charge is 0.488 e. The molecular formula is C25H27N3O6S2. The van der Waals surface area contributed by atoms with E-state index < -0.39 is 9.84 Å². The summed E-state index contributed by atoms with van der Waals surface area (Å²) in [5.74, 6) is 1.40. The summed E-state index contributed by atoms with van der Waals surface area (Å²) in [6.07, 6.45) is 3.07. The van der Waals surface area contributed by atoms with Crippen molar-refractivity contribution in [1.82, 2.24) is 4.98 Å². The van der Waals surface area contributed by atoms with Crippen LogP contribution >= 0.6 is 11.8 Å². The number of aromatic nitrogens is 1. The minimum absolute atomic E-state index is 0.0242. The van der Waals surface area contributed by atoms with Crippen LogP contribution in [0.2, 0.25) is 0 Å². The van der Waals surface area contributed by atoms with Crippen LogP contribution in [0.1, 0.15) is 25.0 Å². The number of fused-ring (bicyclic) bond motifs is 1. The molecular weight excluding hydrogens is 502 g/mol. The summed E-state index contributed by atoms with van der Waals surface area (Å²) in [5, 5.41) is 1.75. The number of rotatable bonds is 8. The highest BCUT2D eigenvalue weighted by Crippen LogP contribution is 2.37. The van der Waals surface area contributed by atoms with Gasteiger partial charge in [0.2, 0.25) is 5.91 Å². The number of hydrogen-bond donors (Lipinski definition) is 2. The maximum Gasteiger partial charge on any atom is 0.218 e. The summed E-state index contributed by atoms with van der Waals surface area (Å²) in [6, 6.07) is 12.0. The van der Waals surface area contributed by atoms with Crippen LogP contribution in [-0.2, 0) is 19.4 Å². The molecule has 2 aliphatic heterocycles. The number of H-pyrrole nitrogens is 1. The van der Waals surface area contributed by atoms with Crippen molar-refractivity contribution >= 4 is 43.5 Å². The molecule has 5 rings (SSSR count). The predicted octanol–water partition coefficient (Wildman–Crippen LogP) is 3.66. The first-order valence-corrected chi connectivity index (χ1v) is 14.4. The van der Waals surface area contributed by atoms with Gasteiger partial charge in [0.25, 0.3) is 0 Å². The second-order valence-corrected chi connectivity index (χ2v) is 12.2. The Bertz CT molecular complexity index is 1410. The van der Waals surface area contributed by atoms with Crippen LogP contribution in [0.5, 0.6) is 17.2 Å². The number of nitrogens with one attached hydrogen (secondary N) is 1. The Labute approximate surface area is 213 Å². The lowest BCUT2D eigenvalue weighted by molar-refractivity contribution is -0.117. The number of thioether (sulfide) groups is 1. The molecule has 1 amide bonds. The normalized spacial score (nSPS) is 18.8. The monoisotopic (exact) mass is 529 g/mol. The molecule has 2 aliphatic rings. The van der Waals surface area contributed by atoms with Gasteiger partial charge >= 0.3 is 0 Å².